The molecular weight excluding hydrogens is 258 g/mol. The molecule has 0 amide bonds. The second-order valence-corrected chi connectivity index (χ2v) is 5.05. The predicted octanol–water partition coefficient (Wildman–Crippen LogP) is 3.68. The lowest BCUT2D eigenvalue weighted by Crippen LogP contribution is -1.94. The van der Waals surface area contributed by atoms with Gasteiger partial charge in [-0.05, 0) is 35.2 Å². The number of halogens is 1. The van der Waals surface area contributed by atoms with Crippen LogP contribution in [-0.4, -0.2) is 0 Å². The second-order valence-electron chi connectivity index (χ2n) is 3.10. The van der Waals surface area contributed by atoms with Crippen molar-refractivity contribution in [3.05, 3.63) is 50.6 Å². The van der Waals surface area contributed by atoms with Crippen molar-refractivity contribution in [2.24, 2.45) is 0 Å². The molecule has 0 aliphatic heterocycles. The van der Waals surface area contributed by atoms with Crippen LogP contribution in [0.5, 0.6) is 0 Å². The third-order valence-corrected chi connectivity index (χ3v) is 3.42. The van der Waals surface area contributed by atoms with Gasteiger partial charge in [-0.1, -0.05) is 22.0 Å². The van der Waals surface area contributed by atoms with E-state index < -0.39 is 0 Å². The van der Waals surface area contributed by atoms with E-state index in [1.165, 1.54) is 10.4 Å². The Morgan fingerprint density at radius 2 is 2.14 bits per heavy atom. The fraction of sp³-hybridized carbons (Fsp3) is 0.0909. The number of nitrogen functional groups attached to an aromatic ring is 1. The van der Waals surface area contributed by atoms with Crippen LogP contribution in [0.15, 0.2) is 40.2 Å². The van der Waals surface area contributed by atoms with Crippen LogP contribution >= 0.6 is 27.3 Å². The Hall–Kier alpha value is -0.800. The molecule has 1 aromatic heterocycles. The van der Waals surface area contributed by atoms with Crippen molar-refractivity contribution >= 4 is 33.0 Å². The van der Waals surface area contributed by atoms with Crippen LogP contribution in [0.4, 0.5) is 5.69 Å². The van der Waals surface area contributed by atoms with Crippen molar-refractivity contribution in [1.82, 2.24) is 0 Å². The summed E-state index contributed by atoms with van der Waals surface area (Å²) in [6.45, 7) is 0. The maximum absolute atomic E-state index is 5.89. The molecule has 0 spiro atoms. The molecule has 0 saturated carbocycles. The molecule has 72 valence electrons. The molecule has 2 rings (SSSR count). The Balaban J connectivity index is 2.28. The molecule has 2 N–H and O–H groups in total. The molecule has 0 saturated heterocycles. The van der Waals surface area contributed by atoms with Gasteiger partial charge in [-0.3, -0.25) is 0 Å². The average molecular weight is 268 g/mol. The lowest BCUT2D eigenvalue weighted by Gasteiger charge is -2.04. The molecule has 3 heteroatoms. The topological polar surface area (TPSA) is 26.0 Å². The van der Waals surface area contributed by atoms with E-state index in [0.29, 0.717) is 0 Å². The average Bonchev–Trinajstić information content (AvgIpc) is 2.64. The zero-order valence-electron chi connectivity index (χ0n) is 7.53. The van der Waals surface area contributed by atoms with Crippen LogP contribution in [-0.2, 0) is 6.42 Å². The number of hydrogen-bond acceptors (Lipinski definition) is 2. The lowest BCUT2D eigenvalue weighted by atomic mass is 10.1. The number of hydrogen-bond donors (Lipinski definition) is 1. The fourth-order valence-electron chi connectivity index (χ4n) is 1.33. The van der Waals surface area contributed by atoms with Gasteiger partial charge in [0, 0.05) is 21.5 Å². The molecule has 0 unspecified atom stereocenters. The molecule has 0 aliphatic rings. The van der Waals surface area contributed by atoms with Crippen LogP contribution in [0.2, 0.25) is 0 Å². The van der Waals surface area contributed by atoms with Gasteiger partial charge in [0.15, 0.2) is 0 Å². The summed E-state index contributed by atoms with van der Waals surface area (Å²) in [6.07, 6.45) is 0.920. The minimum atomic E-state index is 0.863. The summed E-state index contributed by atoms with van der Waals surface area (Å²) in [4.78, 5) is 1.34. The summed E-state index contributed by atoms with van der Waals surface area (Å²) in [6, 6.07) is 10.2. The van der Waals surface area contributed by atoms with Gasteiger partial charge < -0.3 is 5.73 Å². The zero-order chi connectivity index (χ0) is 9.97. The Bertz CT molecular complexity index is 423. The lowest BCUT2D eigenvalue weighted by molar-refractivity contribution is 1.24. The first-order chi connectivity index (χ1) is 6.75. The molecule has 2 aromatic rings. The number of nitrogens with two attached hydrogens (primary N) is 1. The van der Waals surface area contributed by atoms with E-state index in [4.69, 9.17) is 5.73 Å². The van der Waals surface area contributed by atoms with Crippen molar-refractivity contribution in [1.29, 1.82) is 0 Å². The number of rotatable bonds is 2. The van der Waals surface area contributed by atoms with Gasteiger partial charge in [-0.25, -0.2) is 0 Å². The highest BCUT2D eigenvalue weighted by molar-refractivity contribution is 9.10. The Labute approximate surface area is 95.7 Å². The number of thiophene rings is 1. The molecule has 0 radical (unpaired) electrons. The monoisotopic (exact) mass is 267 g/mol. The molecule has 1 nitrogen and oxygen atoms in total. The smallest absolute Gasteiger partial charge is 0.0351 e. The van der Waals surface area contributed by atoms with E-state index in [0.717, 1.165) is 16.6 Å². The Morgan fingerprint density at radius 1 is 1.29 bits per heavy atom. The van der Waals surface area contributed by atoms with Gasteiger partial charge >= 0.3 is 0 Å². The number of anilines is 1. The molecule has 0 atom stereocenters. The SMILES string of the molecule is Nc1ccc(Br)cc1Cc1cccs1. The van der Waals surface area contributed by atoms with Gasteiger partial charge in [0.1, 0.15) is 0 Å². The molecular formula is C11H10BrNS. The molecule has 0 aliphatic carbocycles. The minimum absolute atomic E-state index is 0.863. The maximum atomic E-state index is 5.89. The van der Waals surface area contributed by atoms with Gasteiger partial charge in [-0.15, -0.1) is 11.3 Å². The summed E-state index contributed by atoms with van der Waals surface area (Å²) in [5.41, 5.74) is 7.93. The van der Waals surface area contributed by atoms with Crippen LogP contribution in [0, 0.1) is 0 Å². The minimum Gasteiger partial charge on any atom is -0.398 e. The van der Waals surface area contributed by atoms with Crippen LogP contribution in [0.1, 0.15) is 10.4 Å². The summed E-state index contributed by atoms with van der Waals surface area (Å²) < 4.78 is 1.08. The van der Waals surface area contributed by atoms with Crippen molar-refractivity contribution in [3.63, 3.8) is 0 Å². The highest BCUT2D eigenvalue weighted by Crippen LogP contribution is 2.23. The first-order valence-corrected chi connectivity index (χ1v) is 5.99. The van der Waals surface area contributed by atoms with E-state index >= 15 is 0 Å². The van der Waals surface area contributed by atoms with E-state index in [1.54, 1.807) is 11.3 Å². The Kier molecular flexibility index (Phi) is 2.89. The standard InChI is InChI=1S/C11H10BrNS/c12-9-3-4-11(13)8(6-9)7-10-2-1-5-14-10/h1-6H,7,13H2. The molecule has 0 fully saturated rings. The van der Waals surface area contributed by atoms with Crippen molar-refractivity contribution in [2.75, 3.05) is 5.73 Å². The van der Waals surface area contributed by atoms with Crippen LogP contribution in [0.3, 0.4) is 0 Å². The van der Waals surface area contributed by atoms with Gasteiger partial charge in [0.05, 0.1) is 0 Å². The maximum Gasteiger partial charge on any atom is 0.0351 e. The molecule has 1 aromatic carbocycles. The zero-order valence-corrected chi connectivity index (χ0v) is 9.94. The van der Waals surface area contributed by atoms with Crippen LogP contribution in [0.25, 0.3) is 0 Å². The van der Waals surface area contributed by atoms with E-state index in [1.807, 2.05) is 12.1 Å². The normalized spacial score (nSPS) is 10.4. The third kappa shape index (κ3) is 2.16. The van der Waals surface area contributed by atoms with E-state index in [9.17, 15) is 0 Å². The highest BCUT2D eigenvalue weighted by atomic mass is 79.9. The second kappa shape index (κ2) is 4.15. The first kappa shape index (κ1) is 9.74. The molecule has 1 heterocycles. The highest BCUT2D eigenvalue weighted by Gasteiger charge is 2.02. The van der Waals surface area contributed by atoms with Crippen molar-refractivity contribution in [3.8, 4) is 0 Å². The predicted molar refractivity (Wildman–Crippen MR) is 65.7 cm³/mol. The van der Waals surface area contributed by atoms with Crippen molar-refractivity contribution in [2.45, 2.75) is 6.42 Å². The number of benzene rings is 1. The first-order valence-electron chi connectivity index (χ1n) is 4.32. The quantitative estimate of drug-likeness (QED) is 0.826. The summed E-state index contributed by atoms with van der Waals surface area (Å²) in [5, 5.41) is 2.09. The van der Waals surface area contributed by atoms with Crippen LogP contribution < -0.4 is 5.73 Å². The van der Waals surface area contributed by atoms with E-state index in [-0.39, 0.29) is 0 Å². The fourth-order valence-corrected chi connectivity index (χ4v) is 2.46. The largest absolute Gasteiger partial charge is 0.398 e. The molecule has 14 heavy (non-hydrogen) atoms. The third-order valence-electron chi connectivity index (χ3n) is 2.05. The molecule has 0 bridgehead atoms. The van der Waals surface area contributed by atoms with Gasteiger partial charge in [0.25, 0.3) is 0 Å². The van der Waals surface area contributed by atoms with E-state index in [2.05, 4.69) is 39.5 Å². The van der Waals surface area contributed by atoms with Crippen molar-refractivity contribution < 1.29 is 0 Å². The summed E-state index contributed by atoms with van der Waals surface area (Å²) >= 11 is 5.21. The van der Waals surface area contributed by atoms with Gasteiger partial charge in [-0.2, -0.15) is 0 Å². The van der Waals surface area contributed by atoms with Gasteiger partial charge in [0.2, 0.25) is 0 Å². The summed E-state index contributed by atoms with van der Waals surface area (Å²) in [5.74, 6) is 0. The summed E-state index contributed by atoms with van der Waals surface area (Å²) in [7, 11) is 0. The Morgan fingerprint density at radius 3 is 2.86 bits per heavy atom.